The van der Waals surface area contributed by atoms with Crippen LogP contribution in [0.5, 0.6) is 0 Å². The van der Waals surface area contributed by atoms with Gasteiger partial charge in [-0.2, -0.15) is 0 Å². The van der Waals surface area contributed by atoms with Gasteiger partial charge >= 0.3 is 6.23 Å². The first-order valence-electron chi connectivity index (χ1n) is 4.09. The lowest BCUT2D eigenvalue weighted by Crippen LogP contribution is -2.56. The van der Waals surface area contributed by atoms with Crippen LogP contribution in [-0.4, -0.2) is 26.7 Å². The highest BCUT2D eigenvalue weighted by Gasteiger charge is 2.47. The third kappa shape index (κ3) is 1.24. The van der Waals surface area contributed by atoms with Crippen LogP contribution in [0.3, 0.4) is 0 Å². The lowest BCUT2D eigenvalue weighted by molar-refractivity contribution is -0.608. The molecule has 0 saturated heterocycles. The number of hydrogen-bond donors (Lipinski definition) is 1. The van der Waals surface area contributed by atoms with E-state index < -0.39 is 11.8 Å². The van der Waals surface area contributed by atoms with E-state index in [0.717, 1.165) is 0 Å². The molecule has 0 aromatic rings. The van der Waals surface area contributed by atoms with Crippen LogP contribution < -0.4 is 0 Å². The summed E-state index contributed by atoms with van der Waals surface area (Å²) in [7, 11) is 0. The molecule has 0 saturated carbocycles. The summed E-state index contributed by atoms with van der Waals surface area (Å²) in [5, 5.41) is 21.7. The molecule has 1 N–H and O–H groups in total. The maximum atomic E-state index is 11.5. The van der Waals surface area contributed by atoms with E-state index in [1.54, 1.807) is 6.92 Å². The van der Waals surface area contributed by atoms with Crippen molar-refractivity contribution >= 4 is 0 Å². The van der Waals surface area contributed by atoms with Crippen LogP contribution in [0.2, 0.25) is 0 Å². The molecular weight excluding hydrogens is 172 g/mol. The number of nitrogens with zero attached hydrogens (tertiary/aromatic N) is 2. The van der Waals surface area contributed by atoms with Crippen LogP contribution in [-0.2, 0) is 0 Å². The van der Waals surface area contributed by atoms with Gasteiger partial charge in [-0.3, -0.25) is 0 Å². The predicted octanol–water partition coefficient (Wildman–Crippen LogP) is 0.927. The van der Waals surface area contributed by atoms with Gasteiger partial charge in [0.1, 0.15) is 5.54 Å². The molecule has 13 heavy (non-hydrogen) atoms. The van der Waals surface area contributed by atoms with Gasteiger partial charge in [0, 0.05) is 11.8 Å². The number of hydroxylamine groups is 2. The molecule has 1 atom stereocenters. The van der Waals surface area contributed by atoms with E-state index in [0.29, 0.717) is 15.5 Å². The minimum absolute atomic E-state index is 0.266. The molecule has 5 heteroatoms. The van der Waals surface area contributed by atoms with E-state index in [2.05, 4.69) is 0 Å². The fourth-order valence-corrected chi connectivity index (χ4v) is 1.31. The fourth-order valence-electron chi connectivity index (χ4n) is 1.31. The average molecular weight is 186 g/mol. The third-order valence-corrected chi connectivity index (χ3v) is 2.54. The highest BCUT2D eigenvalue weighted by molar-refractivity contribution is 5.11. The summed E-state index contributed by atoms with van der Waals surface area (Å²) in [5.74, 6) is 0. The van der Waals surface area contributed by atoms with Crippen molar-refractivity contribution in [1.29, 1.82) is 0 Å². The predicted molar refractivity (Wildman–Crippen MR) is 47.3 cm³/mol. The molecule has 0 aliphatic carbocycles. The second-order valence-corrected chi connectivity index (χ2v) is 3.82. The smallest absolute Gasteiger partial charge is 0.330 e. The fraction of sp³-hybridized carbons (Fsp3) is 0.750. The first-order valence-corrected chi connectivity index (χ1v) is 4.09. The Labute approximate surface area is 76.8 Å². The molecule has 0 aromatic heterocycles. The molecule has 0 fully saturated rings. The second kappa shape index (κ2) is 2.78. The van der Waals surface area contributed by atoms with E-state index in [1.807, 2.05) is 0 Å². The van der Waals surface area contributed by atoms with Crippen LogP contribution in [0.4, 0.5) is 0 Å². The Kier molecular flexibility index (Phi) is 2.17. The largest absolute Gasteiger partial charge is 0.758 e. The summed E-state index contributed by atoms with van der Waals surface area (Å²) in [6, 6.07) is 0. The van der Waals surface area contributed by atoms with Crippen molar-refractivity contribution in [1.82, 2.24) is 5.06 Å². The van der Waals surface area contributed by atoms with Crippen LogP contribution in [0, 0.1) is 10.1 Å². The van der Waals surface area contributed by atoms with Gasteiger partial charge in [-0.25, -0.2) is 0 Å². The van der Waals surface area contributed by atoms with Gasteiger partial charge in [0.05, 0.1) is 10.5 Å². The van der Waals surface area contributed by atoms with Crippen molar-refractivity contribution in [2.45, 2.75) is 39.5 Å². The number of aliphatic hydroxyl groups excluding tert-OH is 1. The molecule has 0 amide bonds. The Morgan fingerprint density at radius 3 is 2.46 bits per heavy atom. The third-order valence-electron chi connectivity index (χ3n) is 2.54. The Bertz CT molecular complexity index is 283. The second-order valence-electron chi connectivity index (χ2n) is 3.82. The van der Waals surface area contributed by atoms with Gasteiger partial charge in [-0.05, 0) is 20.8 Å². The van der Waals surface area contributed by atoms with Crippen LogP contribution in [0.1, 0.15) is 27.7 Å². The van der Waals surface area contributed by atoms with Crippen molar-refractivity contribution in [2.75, 3.05) is 0 Å². The lowest BCUT2D eigenvalue weighted by atomic mass is 9.98. The Morgan fingerprint density at radius 2 is 2.00 bits per heavy atom. The molecule has 0 bridgehead atoms. The standard InChI is InChI=1S/C8H14N2O3/c1-5-6(2)10(13)8(3,4)7(11)9(5)12/h7,11H,1-4H3/t7-/m0/s1. The highest BCUT2D eigenvalue weighted by atomic mass is 16.5. The normalized spacial score (nSPS) is 28.3. The van der Waals surface area contributed by atoms with Crippen molar-refractivity contribution in [3.8, 4) is 0 Å². The highest BCUT2D eigenvalue weighted by Crippen LogP contribution is 2.30. The Balaban J connectivity index is 3.23. The molecule has 0 unspecified atom stereocenters. The summed E-state index contributed by atoms with van der Waals surface area (Å²) in [5.41, 5.74) is -0.474. The molecule has 0 radical (unpaired) electrons. The van der Waals surface area contributed by atoms with E-state index in [1.165, 1.54) is 20.8 Å². The van der Waals surface area contributed by atoms with Crippen molar-refractivity contribution in [2.24, 2.45) is 0 Å². The van der Waals surface area contributed by atoms with Gasteiger partial charge < -0.3 is 15.4 Å². The minimum atomic E-state index is -1.31. The zero-order valence-corrected chi connectivity index (χ0v) is 8.24. The summed E-state index contributed by atoms with van der Waals surface area (Å²) in [6.07, 6.45) is -1.31. The maximum Gasteiger partial charge on any atom is 0.330 e. The zero-order valence-electron chi connectivity index (χ0n) is 8.24. The monoisotopic (exact) mass is 186 g/mol. The molecule has 0 aromatic carbocycles. The number of nitroso groups, excluding NO2 is 1. The molecule has 1 rings (SSSR count). The first-order chi connectivity index (χ1) is 5.80. The SMILES string of the molecule is CC1=C(C)[N+](=O)[C@@H](O)C(C)(C)N1[O-]. The van der Waals surface area contributed by atoms with E-state index >= 15 is 0 Å². The summed E-state index contributed by atoms with van der Waals surface area (Å²) in [6.45, 7) is 6.16. The summed E-state index contributed by atoms with van der Waals surface area (Å²) in [4.78, 5) is 11.3. The van der Waals surface area contributed by atoms with Crippen LogP contribution >= 0.6 is 0 Å². The summed E-state index contributed by atoms with van der Waals surface area (Å²) < 4.78 is 0.476. The maximum absolute atomic E-state index is 11.5. The van der Waals surface area contributed by atoms with Crippen molar-refractivity contribution in [3.63, 3.8) is 0 Å². The first kappa shape index (κ1) is 10.1. The lowest BCUT2D eigenvalue weighted by Gasteiger charge is -2.47. The molecule has 74 valence electrons. The number of aliphatic hydroxyl groups is 1. The Morgan fingerprint density at radius 1 is 1.54 bits per heavy atom. The molecule has 1 heterocycles. The number of rotatable bonds is 0. The van der Waals surface area contributed by atoms with Gasteiger partial charge in [0.25, 0.3) is 5.70 Å². The molecule has 1 aliphatic rings. The van der Waals surface area contributed by atoms with E-state index in [-0.39, 0.29) is 5.70 Å². The van der Waals surface area contributed by atoms with Gasteiger partial charge in [0.15, 0.2) is 0 Å². The van der Waals surface area contributed by atoms with Crippen molar-refractivity contribution < 1.29 is 9.87 Å². The van der Waals surface area contributed by atoms with E-state index in [9.17, 15) is 15.2 Å². The molecule has 5 nitrogen and oxygen atoms in total. The van der Waals surface area contributed by atoms with E-state index in [4.69, 9.17) is 0 Å². The van der Waals surface area contributed by atoms with Gasteiger partial charge in [0.2, 0.25) is 0 Å². The molecule has 1 aliphatic heterocycles. The Hall–Kier alpha value is -0.940. The molecular formula is C8H14N2O3. The van der Waals surface area contributed by atoms with Crippen LogP contribution in [0.25, 0.3) is 0 Å². The quantitative estimate of drug-likeness (QED) is 0.571. The zero-order chi connectivity index (χ0) is 10.4. The molecule has 0 spiro atoms. The van der Waals surface area contributed by atoms with Crippen molar-refractivity contribution in [3.05, 3.63) is 21.5 Å². The summed E-state index contributed by atoms with van der Waals surface area (Å²) >= 11 is 0. The topological polar surface area (TPSA) is 66.6 Å². The number of hydrogen-bond acceptors (Lipinski definition) is 4. The van der Waals surface area contributed by atoms with Gasteiger partial charge in [-0.1, -0.05) is 0 Å². The van der Waals surface area contributed by atoms with Gasteiger partial charge in [-0.15, -0.1) is 0 Å². The minimum Gasteiger partial charge on any atom is -0.758 e. The number of allylic oxidation sites excluding steroid dienone is 2. The average Bonchev–Trinajstić information content (AvgIpc) is 2.09. The van der Waals surface area contributed by atoms with Crippen LogP contribution in [0.15, 0.2) is 11.4 Å².